The number of anilines is 1. The molecular weight excluding hydrogens is 555 g/mol. The van der Waals surface area contributed by atoms with E-state index in [1.165, 1.54) is 23.3 Å². The molecule has 3 rings (SSSR count). The van der Waals surface area contributed by atoms with Gasteiger partial charge < -0.3 is 30.6 Å². The molecule has 1 unspecified atom stereocenters. The Morgan fingerprint density at radius 2 is 1.82 bits per heavy atom. The number of nitrogens with one attached hydrogen (secondary N) is 2. The number of alkyl halides is 3. The van der Waals surface area contributed by atoms with Gasteiger partial charge in [-0.05, 0) is 49.9 Å². The Labute approximate surface area is 232 Å². The van der Waals surface area contributed by atoms with Gasteiger partial charge in [0.2, 0.25) is 0 Å². The lowest BCUT2D eigenvalue weighted by atomic mass is 10.0. The Bertz CT molecular complexity index is 1230. The van der Waals surface area contributed by atoms with Crippen molar-refractivity contribution in [1.29, 1.82) is 0 Å². The van der Waals surface area contributed by atoms with E-state index in [1.54, 1.807) is 0 Å². The molecule has 0 spiro atoms. The van der Waals surface area contributed by atoms with Crippen molar-refractivity contribution in [3.63, 3.8) is 0 Å². The van der Waals surface area contributed by atoms with Crippen LogP contribution in [0.25, 0.3) is 0 Å². The number of nitrogens with two attached hydrogens (primary N) is 1. The molecule has 0 fully saturated rings. The van der Waals surface area contributed by atoms with Gasteiger partial charge in [0, 0.05) is 6.04 Å². The Morgan fingerprint density at radius 3 is 2.45 bits per heavy atom. The van der Waals surface area contributed by atoms with E-state index in [0.717, 1.165) is 36.3 Å². The predicted molar refractivity (Wildman–Crippen MR) is 139 cm³/mol. The lowest BCUT2D eigenvalue weighted by Crippen LogP contribution is -2.35. The van der Waals surface area contributed by atoms with Crippen LogP contribution in [0.4, 0.5) is 18.2 Å². The third-order valence-corrected chi connectivity index (χ3v) is 6.55. The summed E-state index contributed by atoms with van der Waals surface area (Å²) in [5.74, 6) is -1.52. The van der Waals surface area contributed by atoms with Crippen molar-refractivity contribution < 1.29 is 41.8 Å². The number of hydrogen-bond donors (Lipinski definition) is 3. The van der Waals surface area contributed by atoms with Crippen LogP contribution in [0, 0.1) is 5.92 Å². The van der Waals surface area contributed by atoms with Crippen molar-refractivity contribution >= 4 is 34.1 Å². The first-order chi connectivity index (χ1) is 18.8. The van der Waals surface area contributed by atoms with E-state index >= 15 is 0 Å². The van der Waals surface area contributed by atoms with Crippen molar-refractivity contribution in [2.75, 3.05) is 18.2 Å². The molecule has 0 saturated carbocycles. The lowest BCUT2D eigenvalue weighted by molar-refractivity contribution is -0.274. The fourth-order valence-electron chi connectivity index (χ4n) is 3.50. The number of aromatic nitrogens is 1. The molecule has 4 N–H and O–H groups in total. The quantitative estimate of drug-likeness (QED) is 0.324. The maximum atomic E-state index is 13.1. The van der Waals surface area contributed by atoms with Crippen molar-refractivity contribution in [3.05, 3.63) is 46.9 Å². The third kappa shape index (κ3) is 9.03. The Hall–Kier alpha value is -4.01. The second-order valence-electron chi connectivity index (χ2n) is 9.28. The highest BCUT2D eigenvalue weighted by Crippen LogP contribution is 2.33. The van der Waals surface area contributed by atoms with E-state index in [-0.39, 0.29) is 36.5 Å². The number of benzene rings is 1. The molecule has 218 valence electrons. The van der Waals surface area contributed by atoms with Crippen LogP contribution >= 0.6 is 11.3 Å². The van der Waals surface area contributed by atoms with E-state index < -0.39 is 36.4 Å². The molecule has 1 aliphatic rings. The number of halogens is 3. The summed E-state index contributed by atoms with van der Waals surface area (Å²) >= 11 is 1.08. The maximum absolute atomic E-state index is 13.1. The summed E-state index contributed by atoms with van der Waals surface area (Å²) in [6.07, 6.45) is -1.92. The predicted octanol–water partition coefficient (Wildman–Crippen LogP) is 3.41. The van der Waals surface area contributed by atoms with Crippen LogP contribution in [0.1, 0.15) is 49.1 Å². The average molecular weight is 586 g/mol. The second-order valence-corrected chi connectivity index (χ2v) is 10.3. The van der Waals surface area contributed by atoms with Crippen LogP contribution < -0.4 is 30.7 Å². The molecule has 15 heteroatoms. The summed E-state index contributed by atoms with van der Waals surface area (Å²) in [6.45, 7) is 5.54. The maximum Gasteiger partial charge on any atom is 0.573 e. The normalized spacial score (nSPS) is 13.9. The van der Waals surface area contributed by atoms with Gasteiger partial charge in [-0.15, -0.1) is 13.2 Å². The summed E-state index contributed by atoms with van der Waals surface area (Å²) in [6, 6.07) is 4.46. The molecule has 1 aromatic carbocycles. The minimum Gasteiger partial charge on any atom is -0.484 e. The van der Waals surface area contributed by atoms with E-state index in [2.05, 4.69) is 34.2 Å². The van der Waals surface area contributed by atoms with Crippen molar-refractivity contribution in [2.45, 2.75) is 52.6 Å². The fraction of sp³-hybridized carbons (Fsp3) is 0.440. The number of carbonyl (C=O) groups is 3. The number of hydrogen-bond acceptors (Lipinski definition) is 9. The van der Waals surface area contributed by atoms with Crippen LogP contribution in [-0.4, -0.2) is 48.4 Å². The topological polar surface area (TPSA) is 145 Å². The SMILES string of the molecule is CC(C)CCC(C)NC(=O)c1nc(CNC(=O)COc2ccc(OC(F)(F)F)cc2)sc1N1COC=C1C(N)=O. The minimum absolute atomic E-state index is 0.0455. The highest BCUT2D eigenvalue weighted by Gasteiger charge is 2.32. The Balaban J connectivity index is 1.64. The Kier molecular flexibility index (Phi) is 10.2. The molecule has 0 radical (unpaired) electrons. The molecule has 0 bridgehead atoms. The average Bonchev–Trinajstić information content (AvgIpc) is 3.52. The highest BCUT2D eigenvalue weighted by molar-refractivity contribution is 7.16. The van der Waals surface area contributed by atoms with Crippen LogP contribution in [0.5, 0.6) is 11.5 Å². The van der Waals surface area contributed by atoms with E-state index in [9.17, 15) is 27.6 Å². The third-order valence-electron chi connectivity index (χ3n) is 5.47. The monoisotopic (exact) mass is 585 g/mol. The van der Waals surface area contributed by atoms with Crippen LogP contribution in [0.2, 0.25) is 0 Å². The first-order valence-electron chi connectivity index (χ1n) is 12.3. The van der Waals surface area contributed by atoms with Gasteiger partial charge >= 0.3 is 6.36 Å². The summed E-state index contributed by atoms with van der Waals surface area (Å²) in [5, 5.41) is 6.23. The molecule has 0 saturated heterocycles. The van der Waals surface area contributed by atoms with Gasteiger partial charge in [0.1, 0.15) is 33.5 Å². The molecule has 2 heterocycles. The van der Waals surface area contributed by atoms with Gasteiger partial charge in [0.05, 0.1) is 6.54 Å². The standard InChI is InChI=1S/C25H30F3N5O6S/c1-14(2)4-5-15(3)31-23(36)21-24(33-13-37-11-18(33)22(29)35)40-20(32-21)10-30-19(34)12-38-16-6-8-17(9-7-16)39-25(26,27)28/h6-9,11,14-15H,4-5,10,12-13H2,1-3H3,(H2,29,35)(H,30,34)(H,31,36). The largest absolute Gasteiger partial charge is 0.573 e. The summed E-state index contributed by atoms with van der Waals surface area (Å²) in [5.41, 5.74) is 5.56. The van der Waals surface area contributed by atoms with Gasteiger partial charge in [-0.1, -0.05) is 25.2 Å². The van der Waals surface area contributed by atoms with E-state index in [4.69, 9.17) is 15.2 Å². The van der Waals surface area contributed by atoms with E-state index in [0.29, 0.717) is 15.9 Å². The van der Waals surface area contributed by atoms with Gasteiger partial charge in [0.15, 0.2) is 19.0 Å². The molecule has 1 aliphatic heterocycles. The fourth-order valence-corrected chi connectivity index (χ4v) is 4.50. The second kappa shape index (κ2) is 13.4. The molecule has 1 aromatic heterocycles. The molecule has 40 heavy (non-hydrogen) atoms. The number of amides is 3. The van der Waals surface area contributed by atoms with Gasteiger partial charge in [-0.2, -0.15) is 0 Å². The number of rotatable bonds is 13. The first kappa shape index (κ1) is 30.5. The lowest BCUT2D eigenvalue weighted by Gasteiger charge is -2.18. The molecule has 2 aromatic rings. The van der Waals surface area contributed by atoms with Gasteiger partial charge in [-0.3, -0.25) is 19.3 Å². The van der Waals surface area contributed by atoms with Gasteiger partial charge in [-0.25, -0.2) is 4.98 Å². The number of thiazole rings is 1. The first-order valence-corrected chi connectivity index (χ1v) is 13.1. The number of primary amides is 1. The number of nitrogens with zero attached hydrogens (tertiary/aromatic N) is 2. The summed E-state index contributed by atoms with van der Waals surface area (Å²) in [4.78, 5) is 43.1. The zero-order valence-electron chi connectivity index (χ0n) is 22.0. The molecule has 11 nitrogen and oxygen atoms in total. The minimum atomic E-state index is -4.82. The summed E-state index contributed by atoms with van der Waals surface area (Å²) in [7, 11) is 0. The zero-order valence-corrected chi connectivity index (χ0v) is 22.9. The smallest absolute Gasteiger partial charge is 0.484 e. The van der Waals surface area contributed by atoms with Crippen LogP contribution in [0.3, 0.4) is 0 Å². The van der Waals surface area contributed by atoms with Crippen molar-refractivity contribution in [3.8, 4) is 11.5 Å². The zero-order chi connectivity index (χ0) is 29.4. The van der Waals surface area contributed by atoms with Crippen LogP contribution in [0.15, 0.2) is 36.2 Å². The van der Waals surface area contributed by atoms with Crippen LogP contribution in [-0.2, 0) is 20.9 Å². The molecule has 1 atom stereocenters. The Morgan fingerprint density at radius 1 is 1.15 bits per heavy atom. The van der Waals surface area contributed by atoms with Crippen molar-refractivity contribution in [2.24, 2.45) is 11.7 Å². The molecule has 0 aliphatic carbocycles. The van der Waals surface area contributed by atoms with E-state index in [1.807, 2.05) is 6.92 Å². The molecule has 3 amide bonds. The number of carbonyl (C=O) groups excluding carboxylic acids is 3. The summed E-state index contributed by atoms with van der Waals surface area (Å²) < 4.78 is 51.2. The van der Waals surface area contributed by atoms with Gasteiger partial charge in [0.25, 0.3) is 17.7 Å². The number of ether oxygens (including phenoxy) is 3. The van der Waals surface area contributed by atoms with Crippen molar-refractivity contribution in [1.82, 2.24) is 15.6 Å². The molecular formula is C25H30F3N5O6S. The highest BCUT2D eigenvalue weighted by atomic mass is 32.1.